The summed E-state index contributed by atoms with van der Waals surface area (Å²) in [5, 5.41) is 14.1. The molecule has 0 saturated carbocycles. The van der Waals surface area contributed by atoms with Crippen molar-refractivity contribution in [2.75, 3.05) is 25.0 Å². The van der Waals surface area contributed by atoms with E-state index in [1.165, 1.54) is 6.07 Å². The highest BCUT2D eigenvalue weighted by molar-refractivity contribution is 6.42. The molecular formula is C17H17Cl3N2O2. The second-order valence-corrected chi connectivity index (χ2v) is 6.60. The minimum Gasteiger partial charge on any atom is -0.389 e. The second kappa shape index (κ2) is 8.58. The van der Waals surface area contributed by atoms with Gasteiger partial charge >= 0.3 is 0 Å². The van der Waals surface area contributed by atoms with Crippen molar-refractivity contribution >= 4 is 46.4 Å². The zero-order valence-corrected chi connectivity index (χ0v) is 15.2. The maximum Gasteiger partial charge on any atom is 0.251 e. The Morgan fingerprint density at radius 1 is 1.12 bits per heavy atom. The van der Waals surface area contributed by atoms with Crippen LogP contribution in [0, 0.1) is 0 Å². The van der Waals surface area contributed by atoms with Crippen LogP contribution in [0.5, 0.6) is 0 Å². The number of benzene rings is 2. The predicted molar refractivity (Wildman–Crippen MR) is 99.5 cm³/mol. The van der Waals surface area contributed by atoms with E-state index in [4.69, 9.17) is 34.8 Å². The van der Waals surface area contributed by atoms with Gasteiger partial charge in [0.2, 0.25) is 0 Å². The Hall–Kier alpha value is -1.46. The van der Waals surface area contributed by atoms with Gasteiger partial charge in [0.1, 0.15) is 0 Å². The molecule has 128 valence electrons. The van der Waals surface area contributed by atoms with Crippen LogP contribution in [0.3, 0.4) is 0 Å². The third kappa shape index (κ3) is 5.28. The van der Waals surface area contributed by atoms with Gasteiger partial charge in [-0.3, -0.25) is 4.79 Å². The van der Waals surface area contributed by atoms with E-state index in [-0.39, 0.29) is 12.5 Å². The van der Waals surface area contributed by atoms with E-state index >= 15 is 0 Å². The van der Waals surface area contributed by atoms with E-state index in [9.17, 15) is 9.90 Å². The van der Waals surface area contributed by atoms with Crippen molar-refractivity contribution < 1.29 is 9.90 Å². The first kappa shape index (κ1) is 18.9. The lowest BCUT2D eigenvalue weighted by Gasteiger charge is -2.23. The van der Waals surface area contributed by atoms with Crippen molar-refractivity contribution in [1.29, 1.82) is 0 Å². The summed E-state index contributed by atoms with van der Waals surface area (Å²) in [5.41, 5.74) is 1.32. The summed E-state index contributed by atoms with van der Waals surface area (Å²) in [6.45, 7) is 0.486. The van der Waals surface area contributed by atoms with Gasteiger partial charge in [-0.05, 0) is 42.5 Å². The molecule has 0 aliphatic carbocycles. The number of nitrogens with zero attached hydrogens (tertiary/aromatic N) is 1. The third-order valence-electron chi connectivity index (χ3n) is 3.43. The third-order valence-corrected chi connectivity index (χ3v) is 4.42. The topological polar surface area (TPSA) is 52.6 Å². The summed E-state index contributed by atoms with van der Waals surface area (Å²) in [7, 11) is 1.85. The molecule has 0 aromatic heterocycles. The number of likely N-dealkylation sites (N-methyl/N-ethyl adjacent to an activating group) is 1. The highest BCUT2D eigenvalue weighted by Gasteiger charge is 2.12. The fraction of sp³-hybridized carbons (Fsp3) is 0.235. The van der Waals surface area contributed by atoms with Crippen molar-refractivity contribution in [3.05, 3.63) is 63.1 Å². The van der Waals surface area contributed by atoms with Crippen molar-refractivity contribution in [2.45, 2.75) is 6.10 Å². The average molecular weight is 388 g/mol. The molecule has 0 radical (unpaired) electrons. The molecule has 1 atom stereocenters. The Labute approximate surface area is 155 Å². The molecule has 0 aliphatic rings. The van der Waals surface area contributed by atoms with E-state index in [0.717, 1.165) is 5.69 Å². The van der Waals surface area contributed by atoms with Crippen molar-refractivity contribution in [3.63, 3.8) is 0 Å². The molecule has 2 rings (SSSR count). The number of amides is 1. The van der Waals surface area contributed by atoms with Crippen LogP contribution in [-0.4, -0.2) is 37.3 Å². The highest BCUT2D eigenvalue weighted by atomic mass is 35.5. The maximum absolute atomic E-state index is 12.1. The number of hydrogen-bond donors (Lipinski definition) is 2. The monoisotopic (exact) mass is 386 g/mol. The molecule has 0 saturated heterocycles. The van der Waals surface area contributed by atoms with E-state index in [0.29, 0.717) is 27.2 Å². The molecule has 2 aromatic rings. The standard InChI is InChI=1S/C17H17Cl3N2O2/c1-22(13-5-3-12(18)4-6-13)10-14(23)9-21-17(24)11-2-7-15(19)16(20)8-11/h2-8,14,23H,9-10H2,1H3,(H,21,24). The molecule has 0 fully saturated rings. The molecule has 0 aliphatic heterocycles. The lowest BCUT2D eigenvalue weighted by atomic mass is 10.2. The Kier molecular flexibility index (Phi) is 6.75. The zero-order chi connectivity index (χ0) is 17.7. The van der Waals surface area contributed by atoms with E-state index in [1.54, 1.807) is 24.3 Å². The van der Waals surface area contributed by atoms with Crippen LogP contribution >= 0.6 is 34.8 Å². The first-order chi connectivity index (χ1) is 11.4. The van der Waals surface area contributed by atoms with Gasteiger partial charge in [-0.2, -0.15) is 0 Å². The van der Waals surface area contributed by atoms with Gasteiger partial charge in [0.05, 0.1) is 16.1 Å². The number of nitrogens with one attached hydrogen (secondary N) is 1. The van der Waals surface area contributed by atoms with Crippen molar-refractivity contribution in [1.82, 2.24) is 5.32 Å². The van der Waals surface area contributed by atoms with Gasteiger partial charge in [-0.15, -0.1) is 0 Å². The number of anilines is 1. The molecule has 4 nitrogen and oxygen atoms in total. The number of hydrogen-bond acceptors (Lipinski definition) is 3. The van der Waals surface area contributed by atoms with Crippen molar-refractivity contribution in [3.8, 4) is 0 Å². The Bertz CT molecular complexity index is 707. The summed E-state index contributed by atoms with van der Waals surface area (Å²) in [5.74, 6) is -0.318. The van der Waals surface area contributed by atoms with Crippen LogP contribution in [0.2, 0.25) is 15.1 Å². The molecule has 7 heteroatoms. The van der Waals surface area contributed by atoms with Gasteiger partial charge in [0.15, 0.2) is 0 Å². The number of aliphatic hydroxyl groups is 1. The normalized spacial score (nSPS) is 11.9. The van der Waals surface area contributed by atoms with Crippen molar-refractivity contribution in [2.24, 2.45) is 0 Å². The van der Waals surface area contributed by atoms with Crippen LogP contribution in [0.4, 0.5) is 5.69 Å². The number of halogens is 3. The van der Waals surface area contributed by atoms with Crippen LogP contribution < -0.4 is 10.2 Å². The fourth-order valence-electron chi connectivity index (χ4n) is 2.13. The van der Waals surface area contributed by atoms with Crippen LogP contribution in [-0.2, 0) is 0 Å². The summed E-state index contributed by atoms with van der Waals surface area (Å²) in [6, 6.07) is 11.9. The lowest BCUT2D eigenvalue weighted by molar-refractivity contribution is 0.0919. The minimum atomic E-state index is -0.725. The molecule has 1 amide bonds. The Balaban J connectivity index is 1.85. The summed E-state index contributed by atoms with van der Waals surface area (Å²) >= 11 is 17.6. The first-order valence-electron chi connectivity index (χ1n) is 7.25. The molecule has 0 spiro atoms. The Morgan fingerprint density at radius 3 is 2.42 bits per heavy atom. The zero-order valence-electron chi connectivity index (χ0n) is 13.0. The predicted octanol–water partition coefficient (Wildman–Crippen LogP) is 3.87. The summed E-state index contributed by atoms with van der Waals surface area (Å²) < 4.78 is 0. The fourth-order valence-corrected chi connectivity index (χ4v) is 2.56. The molecule has 2 N–H and O–H groups in total. The summed E-state index contributed by atoms with van der Waals surface area (Å²) in [4.78, 5) is 13.9. The molecular weight excluding hydrogens is 371 g/mol. The lowest BCUT2D eigenvalue weighted by Crippen LogP contribution is -2.38. The maximum atomic E-state index is 12.1. The number of carbonyl (C=O) groups excluding carboxylic acids is 1. The first-order valence-corrected chi connectivity index (χ1v) is 8.38. The molecule has 24 heavy (non-hydrogen) atoms. The van der Waals surface area contributed by atoms with Crippen LogP contribution in [0.1, 0.15) is 10.4 Å². The number of carbonyl (C=O) groups is 1. The average Bonchev–Trinajstić information content (AvgIpc) is 2.55. The van der Waals surface area contributed by atoms with Crippen LogP contribution in [0.15, 0.2) is 42.5 Å². The smallest absolute Gasteiger partial charge is 0.251 e. The quantitative estimate of drug-likeness (QED) is 0.791. The van der Waals surface area contributed by atoms with Gasteiger partial charge in [0, 0.05) is 36.4 Å². The van der Waals surface area contributed by atoms with Gasteiger partial charge in [0.25, 0.3) is 5.91 Å². The number of rotatable bonds is 6. The van der Waals surface area contributed by atoms with E-state index < -0.39 is 6.10 Å². The highest BCUT2D eigenvalue weighted by Crippen LogP contribution is 2.22. The second-order valence-electron chi connectivity index (χ2n) is 5.35. The summed E-state index contributed by atoms with van der Waals surface area (Å²) in [6.07, 6.45) is -0.725. The van der Waals surface area contributed by atoms with Gasteiger partial charge in [-0.25, -0.2) is 0 Å². The largest absolute Gasteiger partial charge is 0.389 e. The molecule has 0 bridgehead atoms. The van der Waals surface area contributed by atoms with Gasteiger partial charge < -0.3 is 15.3 Å². The molecule has 0 heterocycles. The SMILES string of the molecule is CN(CC(O)CNC(=O)c1ccc(Cl)c(Cl)c1)c1ccc(Cl)cc1. The molecule has 1 unspecified atom stereocenters. The Morgan fingerprint density at radius 2 is 1.79 bits per heavy atom. The number of aliphatic hydroxyl groups excluding tert-OH is 1. The van der Waals surface area contributed by atoms with Crippen LogP contribution in [0.25, 0.3) is 0 Å². The van der Waals surface area contributed by atoms with E-state index in [2.05, 4.69) is 5.32 Å². The van der Waals surface area contributed by atoms with Gasteiger partial charge in [-0.1, -0.05) is 34.8 Å². The van der Waals surface area contributed by atoms with E-state index in [1.807, 2.05) is 24.1 Å². The molecule has 2 aromatic carbocycles. The minimum absolute atomic E-state index is 0.122.